The molecule has 30 heavy (non-hydrogen) atoms. The molecule has 0 saturated carbocycles. The average molecular weight is 450 g/mol. The number of nitrogens with one attached hydrogen (secondary N) is 3. The number of rotatable bonds is 13. The number of aliphatic hydroxyl groups is 1. The maximum atomic E-state index is 12.5. The van der Waals surface area contributed by atoms with Gasteiger partial charge in [0.15, 0.2) is 6.04 Å². The van der Waals surface area contributed by atoms with Crippen molar-refractivity contribution in [2.45, 2.75) is 63.9 Å². The van der Waals surface area contributed by atoms with E-state index in [1.807, 2.05) is 6.92 Å². The van der Waals surface area contributed by atoms with Crippen LogP contribution in [-0.4, -0.2) is 75.8 Å². The lowest BCUT2D eigenvalue weighted by Gasteiger charge is -2.25. The van der Waals surface area contributed by atoms with Gasteiger partial charge in [0, 0.05) is 5.75 Å². The second-order valence-electron chi connectivity index (χ2n) is 6.95. The predicted octanol–water partition coefficient (Wildman–Crippen LogP) is -2.92. The number of hydrogen-bond donors (Lipinski definition) is 8. The highest BCUT2D eigenvalue weighted by Crippen LogP contribution is 2.06. The quantitative estimate of drug-likeness (QED) is 0.136. The number of aliphatic carboxylic acids is 1. The molecule has 0 aliphatic heterocycles. The van der Waals surface area contributed by atoms with Crippen LogP contribution in [0.15, 0.2) is 0 Å². The van der Waals surface area contributed by atoms with Gasteiger partial charge in [0.1, 0.15) is 12.1 Å². The normalized spacial score (nSPS) is 16.9. The third kappa shape index (κ3) is 8.97. The molecule has 0 aromatic carbocycles. The Balaban J connectivity index is 5.30. The maximum Gasteiger partial charge on any atom is 0.328 e. The first-order valence-corrected chi connectivity index (χ1v) is 9.95. The first-order chi connectivity index (χ1) is 13.8. The number of carboxylic acid groups (broad SMARTS) is 1. The molecular formula is C17H31N5O7S. The van der Waals surface area contributed by atoms with E-state index in [0.29, 0.717) is 6.42 Å². The van der Waals surface area contributed by atoms with Crippen molar-refractivity contribution in [3.63, 3.8) is 0 Å². The molecule has 0 rings (SSSR count). The van der Waals surface area contributed by atoms with Crippen molar-refractivity contribution >= 4 is 42.2 Å². The van der Waals surface area contributed by atoms with Gasteiger partial charge in [-0.15, -0.1) is 0 Å². The van der Waals surface area contributed by atoms with Gasteiger partial charge in [-0.05, 0) is 12.8 Å². The molecule has 12 nitrogen and oxygen atoms in total. The van der Waals surface area contributed by atoms with Crippen LogP contribution in [0.1, 0.15) is 33.6 Å². The molecule has 0 aliphatic carbocycles. The highest BCUT2D eigenvalue weighted by molar-refractivity contribution is 7.80. The topological polar surface area (TPSA) is 214 Å². The first kappa shape index (κ1) is 27.6. The minimum absolute atomic E-state index is 0.188. The van der Waals surface area contributed by atoms with Gasteiger partial charge in [-0.3, -0.25) is 19.2 Å². The lowest BCUT2D eigenvalue weighted by Crippen LogP contribution is -2.59. The fourth-order valence-electron chi connectivity index (χ4n) is 2.30. The van der Waals surface area contributed by atoms with Crippen LogP contribution >= 0.6 is 12.6 Å². The molecule has 6 unspecified atom stereocenters. The minimum Gasteiger partial charge on any atom is -0.480 e. The van der Waals surface area contributed by atoms with Crippen molar-refractivity contribution in [2.75, 3.05) is 5.75 Å². The number of thiol groups is 1. The molecule has 0 radical (unpaired) electrons. The Bertz CT molecular complexity index is 646. The fraction of sp³-hybridized carbons (Fsp3) is 0.706. The van der Waals surface area contributed by atoms with Crippen molar-refractivity contribution in [3.8, 4) is 0 Å². The summed E-state index contributed by atoms with van der Waals surface area (Å²) in [5, 5.41) is 25.2. The largest absolute Gasteiger partial charge is 0.480 e. The average Bonchev–Trinajstić information content (AvgIpc) is 2.66. The number of carboxylic acids is 1. The Kier molecular flexibility index (Phi) is 12.0. The van der Waals surface area contributed by atoms with Gasteiger partial charge in [0.2, 0.25) is 23.6 Å². The first-order valence-electron chi connectivity index (χ1n) is 9.32. The fourth-order valence-corrected chi connectivity index (χ4v) is 2.56. The molecule has 0 aromatic rings. The van der Waals surface area contributed by atoms with Crippen LogP contribution in [0, 0.1) is 5.92 Å². The summed E-state index contributed by atoms with van der Waals surface area (Å²) in [6.45, 7) is 4.75. The monoisotopic (exact) mass is 449 g/mol. The lowest BCUT2D eigenvalue weighted by atomic mass is 9.99. The smallest absolute Gasteiger partial charge is 0.328 e. The summed E-state index contributed by atoms with van der Waals surface area (Å²) in [4.78, 5) is 59.5. The SMILES string of the molecule is CCC(C)C(N)C(=O)NC(CC(N)=O)C(=O)NC(CS)C(=O)NC(C(=O)O)C(C)O. The van der Waals surface area contributed by atoms with E-state index in [-0.39, 0.29) is 11.7 Å². The number of aliphatic hydroxyl groups excluding tert-OH is 1. The van der Waals surface area contributed by atoms with E-state index < -0.39 is 66.3 Å². The highest BCUT2D eigenvalue weighted by atomic mass is 32.1. The van der Waals surface area contributed by atoms with Gasteiger partial charge in [0.05, 0.1) is 18.6 Å². The summed E-state index contributed by atoms with van der Waals surface area (Å²) < 4.78 is 0. The Hall–Kier alpha value is -2.38. The Morgan fingerprint density at radius 3 is 1.87 bits per heavy atom. The van der Waals surface area contributed by atoms with E-state index in [9.17, 15) is 29.1 Å². The maximum absolute atomic E-state index is 12.5. The zero-order valence-electron chi connectivity index (χ0n) is 17.1. The van der Waals surface area contributed by atoms with E-state index in [1.165, 1.54) is 6.92 Å². The van der Waals surface area contributed by atoms with Gasteiger partial charge >= 0.3 is 5.97 Å². The van der Waals surface area contributed by atoms with E-state index >= 15 is 0 Å². The summed E-state index contributed by atoms with van der Waals surface area (Å²) in [5.41, 5.74) is 11.0. The molecule has 172 valence electrons. The molecule has 4 amide bonds. The molecule has 6 atom stereocenters. The van der Waals surface area contributed by atoms with Crippen LogP contribution in [-0.2, 0) is 24.0 Å². The van der Waals surface area contributed by atoms with Gasteiger partial charge in [0.25, 0.3) is 0 Å². The summed E-state index contributed by atoms with van der Waals surface area (Å²) in [6.07, 6.45) is -1.33. The molecule has 0 saturated heterocycles. The number of amides is 4. The molecule has 0 heterocycles. The molecular weight excluding hydrogens is 418 g/mol. The Morgan fingerprint density at radius 1 is 0.967 bits per heavy atom. The molecule has 0 aromatic heterocycles. The second-order valence-corrected chi connectivity index (χ2v) is 7.32. The van der Waals surface area contributed by atoms with Gasteiger partial charge in [-0.25, -0.2) is 4.79 Å². The third-order valence-electron chi connectivity index (χ3n) is 4.46. The van der Waals surface area contributed by atoms with Crippen LogP contribution in [0.5, 0.6) is 0 Å². The molecule has 0 aliphatic rings. The van der Waals surface area contributed by atoms with Crippen LogP contribution in [0.4, 0.5) is 0 Å². The van der Waals surface area contributed by atoms with Crippen molar-refractivity contribution in [2.24, 2.45) is 17.4 Å². The van der Waals surface area contributed by atoms with Crippen molar-refractivity contribution in [3.05, 3.63) is 0 Å². The highest BCUT2D eigenvalue weighted by Gasteiger charge is 2.32. The zero-order chi connectivity index (χ0) is 23.6. The summed E-state index contributed by atoms with van der Waals surface area (Å²) in [7, 11) is 0. The summed E-state index contributed by atoms with van der Waals surface area (Å²) in [6, 6.07) is -5.24. The van der Waals surface area contributed by atoms with Crippen LogP contribution in [0.3, 0.4) is 0 Å². The predicted molar refractivity (Wildman–Crippen MR) is 110 cm³/mol. The number of hydrogen-bond acceptors (Lipinski definition) is 8. The number of primary amides is 1. The Labute approximate surface area is 179 Å². The standard InChI is InChI=1S/C17H31N5O7S/c1-4-7(2)12(19)16(27)20-9(5-11(18)24)14(25)21-10(6-30)15(26)22-13(8(3)23)17(28)29/h7-10,12-13,23,30H,4-6,19H2,1-3H3,(H2,18,24)(H,20,27)(H,21,25)(H,22,26)(H,28,29). The number of nitrogens with two attached hydrogens (primary N) is 2. The van der Waals surface area contributed by atoms with Crippen molar-refractivity contribution in [1.82, 2.24) is 16.0 Å². The number of carbonyl (C=O) groups is 5. The van der Waals surface area contributed by atoms with Crippen LogP contribution in [0.2, 0.25) is 0 Å². The van der Waals surface area contributed by atoms with Gasteiger partial charge < -0.3 is 37.6 Å². The second kappa shape index (κ2) is 13.0. The van der Waals surface area contributed by atoms with Gasteiger partial charge in [-0.1, -0.05) is 20.3 Å². The van der Waals surface area contributed by atoms with Crippen molar-refractivity contribution < 1.29 is 34.2 Å². The van der Waals surface area contributed by atoms with E-state index in [2.05, 4.69) is 28.6 Å². The van der Waals surface area contributed by atoms with Gasteiger partial charge in [-0.2, -0.15) is 12.6 Å². The summed E-state index contributed by atoms with van der Waals surface area (Å²) in [5.74, 6) is -5.26. The third-order valence-corrected chi connectivity index (χ3v) is 4.82. The molecule has 0 spiro atoms. The van der Waals surface area contributed by atoms with Crippen LogP contribution < -0.4 is 27.4 Å². The summed E-state index contributed by atoms with van der Waals surface area (Å²) >= 11 is 3.95. The minimum atomic E-state index is -1.61. The zero-order valence-corrected chi connectivity index (χ0v) is 18.0. The van der Waals surface area contributed by atoms with E-state index in [1.54, 1.807) is 6.92 Å². The van der Waals surface area contributed by atoms with E-state index in [0.717, 1.165) is 0 Å². The Morgan fingerprint density at radius 2 is 1.47 bits per heavy atom. The van der Waals surface area contributed by atoms with Crippen LogP contribution in [0.25, 0.3) is 0 Å². The van der Waals surface area contributed by atoms with Crippen molar-refractivity contribution in [1.29, 1.82) is 0 Å². The number of carbonyl (C=O) groups excluding carboxylic acids is 4. The molecule has 9 N–H and O–H groups in total. The molecule has 13 heteroatoms. The lowest BCUT2D eigenvalue weighted by molar-refractivity contribution is -0.145. The van der Waals surface area contributed by atoms with E-state index in [4.69, 9.17) is 16.6 Å². The molecule has 0 bridgehead atoms. The molecule has 0 fully saturated rings.